The lowest BCUT2D eigenvalue weighted by Gasteiger charge is -2.01. The molecule has 2 heterocycles. The number of rotatable bonds is 2. The van der Waals surface area contributed by atoms with Gasteiger partial charge in [-0.2, -0.15) is 0 Å². The van der Waals surface area contributed by atoms with Crippen LogP contribution in [0, 0.1) is 0 Å². The zero-order valence-electron chi connectivity index (χ0n) is 8.27. The van der Waals surface area contributed by atoms with Crippen LogP contribution in [-0.2, 0) is 6.54 Å². The van der Waals surface area contributed by atoms with Gasteiger partial charge in [0.25, 0.3) is 5.56 Å². The summed E-state index contributed by atoms with van der Waals surface area (Å²) in [5.41, 5.74) is 6.37. The summed E-state index contributed by atoms with van der Waals surface area (Å²) in [5, 5.41) is 0. The van der Waals surface area contributed by atoms with Gasteiger partial charge in [0.15, 0.2) is 5.82 Å². The minimum atomic E-state index is -0.227. The normalized spacial score (nSPS) is 10.4. The van der Waals surface area contributed by atoms with Gasteiger partial charge in [0.05, 0.1) is 5.69 Å². The van der Waals surface area contributed by atoms with Crippen molar-refractivity contribution < 1.29 is 0 Å². The summed E-state index contributed by atoms with van der Waals surface area (Å²) in [7, 11) is 0. The first kappa shape index (κ1) is 11.0. The first-order valence-electron chi connectivity index (χ1n) is 4.61. The molecule has 2 aromatic rings. The van der Waals surface area contributed by atoms with Crippen LogP contribution in [0.2, 0.25) is 0 Å². The lowest BCUT2D eigenvalue weighted by Crippen LogP contribution is -2.13. The second-order valence-electron chi connectivity index (χ2n) is 3.15. The molecular formula is C10H9BrN4O. The van der Waals surface area contributed by atoms with Crippen molar-refractivity contribution in [1.82, 2.24) is 15.0 Å². The highest BCUT2D eigenvalue weighted by Gasteiger charge is 2.04. The van der Waals surface area contributed by atoms with Crippen molar-refractivity contribution in [3.05, 3.63) is 44.9 Å². The number of nitrogens with zero attached hydrogens (tertiary/aromatic N) is 2. The van der Waals surface area contributed by atoms with Gasteiger partial charge in [0.1, 0.15) is 5.69 Å². The van der Waals surface area contributed by atoms with E-state index in [0.29, 0.717) is 17.2 Å². The summed E-state index contributed by atoms with van der Waals surface area (Å²) in [6.07, 6.45) is 1.64. The van der Waals surface area contributed by atoms with E-state index in [4.69, 9.17) is 5.73 Å². The first-order chi connectivity index (χ1) is 7.69. The van der Waals surface area contributed by atoms with E-state index in [1.165, 1.54) is 6.07 Å². The standard InChI is InChI=1S/C10H9BrN4O/c11-6-1-2-8(13-5-6)10-14-7(4-12)3-9(16)15-10/h1-3,5H,4,12H2,(H,14,15,16). The van der Waals surface area contributed by atoms with Gasteiger partial charge in [0.2, 0.25) is 0 Å². The van der Waals surface area contributed by atoms with Crippen molar-refractivity contribution >= 4 is 15.9 Å². The fourth-order valence-electron chi connectivity index (χ4n) is 1.25. The maximum absolute atomic E-state index is 11.3. The van der Waals surface area contributed by atoms with Gasteiger partial charge in [-0.05, 0) is 28.1 Å². The first-order valence-corrected chi connectivity index (χ1v) is 5.40. The number of aromatic nitrogens is 3. The number of nitrogens with two attached hydrogens (primary N) is 1. The Morgan fingerprint density at radius 1 is 1.44 bits per heavy atom. The van der Waals surface area contributed by atoms with E-state index >= 15 is 0 Å². The van der Waals surface area contributed by atoms with E-state index < -0.39 is 0 Å². The molecule has 2 aromatic heterocycles. The average Bonchev–Trinajstić information content (AvgIpc) is 2.29. The van der Waals surface area contributed by atoms with Crippen LogP contribution in [0.4, 0.5) is 0 Å². The number of pyridine rings is 1. The lowest BCUT2D eigenvalue weighted by molar-refractivity contribution is 0.951. The molecule has 0 aliphatic heterocycles. The Kier molecular flexibility index (Phi) is 3.12. The Morgan fingerprint density at radius 2 is 2.25 bits per heavy atom. The quantitative estimate of drug-likeness (QED) is 0.861. The average molecular weight is 281 g/mol. The molecule has 0 atom stereocenters. The van der Waals surface area contributed by atoms with Gasteiger partial charge in [-0.3, -0.25) is 9.78 Å². The summed E-state index contributed by atoms with van der Waals surface area (Å²) in [6.45, 7) is 0.230. The van der Waals surface area contributed by atoms with Gasteiger partial charge < -0.3 is 10.7 Å². The van der Waals surface area contributed by atoms with Crippen molar-refractivity contribution in [3.63, 3.8) is 0 Å². The van der Waals surface area contributed by atoms with Crippen molar-refractivity contribution in [3.8, 4) is 11.5 Å². The number of hydrogen-bond acceptors (Lipinski definition) is 4. The van der Waals surface area contributed by atoms with E-state index in [1.54, 1.807) is 12.3 Å². The zero-order valence-corrected chi connectivity index (χ0v) is 9.86. The molecule has 2 rings (SSSR count). The molecule has 16 heavy (non-hydrogen) atoms. The number of halogens is 1. The van der Waals surface area contributed by atoms with Crippen molar-refractivity contribution in [2.24, 2.45) is 5.73 Å². The highest BCUT2D eigenvalue weighted by atomic mass is 79.9. The molecule has 0 aliphatic carbocycles. The van der Waals surface area contributed by atoms with Crippen LogP contribution in [0.3, 0.4) is 0 Å². The molecule has 5 nitrogen and oxygen atoms in total. The number of aromatic amines is 1. The fourth-order valence-corrected chi connectivity index (χ4v) is 1.48. The summed E-state index contributed by atoms with van der Waals surface area (Å²) in [4.78, 5) is 22.3. The smallest absolute Gasteiger partial charge is 0.251 e. The number of H-pyrrole nitrogens is 1. The molecule has 0 unspecified atom stereocenters. The fraction of sp³-hybridized carbons (Fsp3) is 0.100. The molecule has 0 aromatic carbocycles. The minimum Gasteiger partial charge on any atom is -0.325 e. The van der Waals surface area contributed by atoms with E-state index in [1.807, 2.05) is 6.07 Å². The lowest BCUT2D eigenvalue weighted by atomic mass is 10.3. The molecule has 0 spiro atoms. The minimum absolute atomic E-state index is 0.227. The van der Waals surface area contributed by atoms with Gasteiger partial charge >= 0.3 is 0 Å². The van der Waals surface area contributed by atoms with E-state index in [-0.39, 0.29) is 12.1 Å². The largest absolute Gasteiger partial charge is 0.325 e. The Hall–Kier alpha value is -1.53. The van der Waals surface area contributed by atoms with Crippen molar-refractivity contribution in [2.45, 2.75) is 6.54 Å². The molecule has 0 bridgehead atoms. The van der Waals surface area contributed by atoms with Crippen LogP contribution in [0.5, 0.6) is 0 Å². The third kappa shape index (κ3) is 2.34. The van der Waals surface area contributed by atoms with Crippen LogP contribution in [-0.4, -0.2) is 15.0 Å². The van der Waals surface area contributed by atoms with Crippen LogP contribution in [0.25, 0.3) is 11.5 Å². The molecule has 6 heteroatoms. The molecule has 3 N–H and O–H groups in total. The van der Waals surface area contributed by atoms with Crippen LogP contribution in [0.15, 0.2) is 33.7 Å². The SMILES string of the molecule is NCc1cc(=O)[nH]c(-c2ccc(Br)cn2)n1. The van der Waals surface area contributed by atoms with Gasteiger partial charge in [-0.25, -0.2) is 4.98 Å². The molecule has 0 saturated heterocycles. The summed E-state index contributed by atoms with van der Waals surface area (Å²) >= 11 is 3.29. The molecule has 0 aliphatic rings. The number of hydrogen-bond donors (Lipinski definition) is 2. The topological polar surface area (TPSA) is 84.7 Å². The van der Waals surface area contributed by atoms with Crippen LogP contribution < -0.4 is 11.3 Å². The molecule has 0 amide bonds. The highest BCUT2D eigenvalue weighted by molar-refractivity contribution is 9.10. The molecule has 0 saturated carbocycles. The monoisotopic (exact) mass is 280 g/mol. The highest BCUT2D eigenvalue weighted by Crippen LogP contribution is 2.14. The summed E-state index contributed by atoms with van der Waals surface area (Å²) in [5.74, 6) is 0.431. The maximum atomic E-state index is 11.3. The second-order valence-corrected chi connectivity index (χ2v) is 4.07. The Morgan fingerprint density at radius 3 is 2.88 bits per heavy atom. The van der Waals surface area contributed by atoms with E-state index in [0.717, 1.165) is 4.47 Å². The molecule has 82 valence electrons. The Labute approximate surface area is 99.9 Å². The van der Waals surface area contributed by atoms with Crippen LogP contribution >= 0.6 is 15.9 Å². The molecule has 0 radical (unpaired) electrons. The number of nitrogens with one attached hydrogen (secondary N) is 1. The van der Waals surface area contributed by atoms with Gasteiger partial charge in [-0.15, -0.1) is 0 Å². The second kappa shape index (κ2) is 4.54. The summed E-state index contributed by atoms with van der Waals surface area (Å²) < 4.78 is 0.869. The molecular weight excluding hydrogens is 272 g/mol. The Balaban J connectivity index is 2.51. The van der Waals surface area contributed by atoms with Gasteiger partial charge in [-0.1, -0.05) is 0 Å². The van der Waals surface area contributed by atoms with E-state index in [2.05, 4.69) is 30.9 Å². The third-order valence-electron chi connectivity index (χ3n) is 1.97. The van der Waals surface area contributed by atoms with Gasteiger partial charge in [0, 0.05) is 23.3 Å². The predicted octanol–water partition coefficient (Wildman–Crippen LogP) is 1.05. The maximum Gasteiger partial charge on any atom is 0.251 e. The Bertz CT molecular complexity index is 549. The zero-order chi connectivity index (χ0) is 11.5. The van der Waals surface area contributed by atoms with E-state index in [9.17, 15) is 4.79 Å². The molecule has 0 fully saturated rings. The predicted molar refractivity (Wildman–Crippen MR) is 63.7 cm³/mol. The third-order valence-corrected chi connectivity index (χ3v) is 2.44. The van der Waals surface area contributed by atoms with Crippen molar-refractivity contribution in [1.29, 1.82) is 0 Å². The van der Waals surface area contributed by atoms with Crippen LogP contribution in [0.1, 0.15) is 5.69 Å². The summed E-state index contributed by atoms with van der Waals surface area (Å²) in [6, 6.07) is 4.97. The van der Waals surface area contributed by atoms with Crippen molar-refractivity contribution in [2.75, 3.05) is 0 Å².